The molecule has 2 aromatic carbocycles. The molecule has 0 spiro atoms. The summed E-state index contributed by atoms with van der Waals surface area (Å²) in [4.78, 5) is 3.54. The van der Waals surface area contributed by atoms with Crippen molar-refractivity contribution in [3.05, 3.63) is 63.3 Å². The number of ether oxygens (including phenoxy) is 1. The summed E-state index contributed by atoms with van der Waals surface area (Å²) in [7, 11) is 1.68. The summed E-state index contributed by atoms with van der Waals surface area (Å²) >= 11 is 3.53. The normalized spacial score (nSPS) is 15.4. The second-order valence-electron chi connectivity index (χ2n) is 6.48. The fourth-order valence-electron chi connectivity index (χ4n) is 3.55. The number of halogens is 1. The Hall–Kier alpha value is -2.07. The Bertz CT molecular complexity index is 969. The monoisotopic (exact) mass is 368 g/mol. The number of hydrogen-bond donors (Lipinski definition) is 2. The number of aromatic amines is 1. The highest BCUT2D eigenvalue weighted by atomic mass is 79.9. The Morgan fingerprint density at radius 2 is 1.91 bits per heavy atom. The number of methoxy groups -OCH3 is 1. The van der Waals surface area contributed by atoms with Gasteiger partial charge in [0, 0.05) is 37.6 Å². The van der Waals surface area contributed by atoms with Crippen molar-refractivity contribution in [2.75, 3.05) is 7.11 Å². The topological polar surface area (TPSA) is 48.9 Å². The molecule has 1 heterocycles. The standard InChI is InChI=1S/C19H17BrN2O/c1-19(2)14-9-11(23-3)5-7-12(14)17(21)16-13-6-4-10(20)8-15(13)22-18(16)19/h4-9,21-22H,1-3H3. The molecule has 1 aliphatic carbocycles. The van der Waals surface area contributed by atoms with Crippen LogP contribution in [0.15, 0.2) is 40.9 Å². The van der Waals surface area contributed by atoms with Crippen LogP contribution in [0.2, 0.25) is 0 Å². The molecule has 0 amide bonds. The second-order valence-corrected chi connectivity index (χ2v) is 7.39. The Morgan fingerprint density at radius 3 is 2.65 bits per heavy atom. The van der Waals surface area contributed by atoms with Crippen molar-refractivity contribution in [2.24, 2.45) is 0 Å². The van der Waals surface area contributed by atoms with Crippen molar-refractivity contribution in [3.8, 4) is 5.75 Å². The number of aromatic nitrogens is 1. The molecule has 116 valence electrons. The van der Waals surface area contributed by atoms with E-state index < -0.39 is 0 Å². The molecular formula is C19H17BrN2O. The minimum absolute atomic E-state index is 0.213. The zero-order valence-corrected chi connectivity index (χ0v) is 14.8. The summed E-state index contributed by atoms with van der Waals surface area (Å²) in [6.07, 6.45) is 0. The van der Waals surface area contributed by atoms with Crippen molar-refractivity contribution < 1.29 is 4.74 Å². The Kier molecular flexibility index (Phi) is 2.97. The summed E-state index contributed by atoms with van der Waals surface area (Å²) in [5, 5.41) is 9.84. The number of benzene rings is 2. The molecule has 2 N–H and O–H groups in total. The van der Waals surface area contributed by atoms with Crippen molar-refractivity contribution in [1.29, 1.82) is 5.41 Å². The van der Waals surface area contributed by atoms with E-state index >= 15 is 0 Å². The van der Waals surface area contributed by atoms with E-state index in [1.807, 2.05) is 24.3 Å². The maximum absolute atomic E-state index is 8.74. The van der Waals surface area contributed by atoms with Crippen LogP contribution in [0.5, 0.6) is 5.75 Å². The van der Waals surface area contributed by atoms with Crippen LogP contribution in [0, 0.1) is 5.41 Å². The van der Waals surface area contributed by atoms with Crippen LogP contribution >= 0.6 is 15.9 Å². The van der Waals surface area contributed by atoms with E-state index in [4.69, 9.17) is 10.1 Å². The van der Waals surface area contributed by atoms with Gasteiger partial charge < -0.3 is 9.72 Å². The molecule has 0 fully saturated rings. The summed E-state index contributed by atoms with van der Waals surface area (Å²) in [5.41, 5.74) is 5.63. The lowest BCUT2D eigenvalue weighted by molar-refractivity contribution is 0.413. The highest BCUT2D eigenvalue weighted by Crippen LogP contribution is 2.44. The van der Waals surface area contributed by atoms with Crippen LogP contribution in [-0.4, -0.2) is 17.8 Å². The Labute approximate surface area is 143 Å². The molecule has 0 saturated carbocycles. The predicted octanol–water partition coefficient (Wildman–Crippen LogP) is 4.99. The minimum atomic E-state index is -0.213. The van der Waals surface area contributed by atoms with Gasteiger partial charge in [-0.1, -0.05) is 35.8 Å². The summed E-state index contributed by atoms with van der Waals surface area (Å²) in [5.74, 6) is 0.826. The molecule has 0 unspecified atom stereocenters. The number of fused-ring (bicyclic) bond motifs is 4. The fraction of sp³-hybridized carbons (Fsp3) is 0.211. The third kappa shape index (κ3) is 1.91. The first-order chi connectivity index (χ1) is 10.9. The predicted molar refractivity (Wildman–Crippen MR) is 97.1 cm³/mol. The van der Waals surface area contributed by atoms with Crippen LogP contribution in [-0.2, 0) is 5.41 Å². The van der Waals surface area contributed by atoms with E-state index in [0.29, 0.717) is 5.71 Å². The Balaban J connectivity index is 2.07. The lowest BCUT2D eigenvalue weighted by atomic mass is 9.71. The van der Waals surface area contributed by atoms with Crippen molar-refractivity contribution >= 4 is 32.5 Å². The first-order valence-corrected chi connectivity index (χ1v) is 8.32. The average molecular weight is 369 g/mol. The van der Waals surface area contributed by atoms with Gasteiger partial charge in [0.05, 0.1) is 12.8 Å². The number of nitrogens with one attached hydrogen (secondary N) is 2. The van der Waals surface area contributed by atoms with Crippen molar-refractivity contribution in [1.82, 2.24) is 4.98 Å². The molecule has 3 nitrogen and oxygen atoms in total. The van der Waals surface area contributed by atoms with E-state index in [1.165, 1.54) is 0 Å². The van der Waals surface area contributed by atoms with Gasteiger partial charge >= 0.3 is 0 Å². The summed E-state index contributed by atoms with van der Waals surface area (Å²) in [6, 6.07) is 12.2. The molecule has 23 heavy (non-hydrogen) atoms. The van der Waals surface area contributed by atoms with Gasteiger partial charge in [-0.25, -0.2) is 0 Å². The molecule has 1 aliphatic rings. The van der Waals surface area contributed by atoms with Gasteiger partial charge in [-0.05, 0) is 35.9 Å². The maximum Gasteiger partial charge on any atom is 0.119 e. The molecule has 4 heteroatoms. The fourth-order valence-corrected chi connectivity index (χ4v) is 3.91. The molecule has 0 aliphatic heterocycles. The third-order valence-corrected chi connectivity index (χ3v) is 5.30. The molecule has 4 rings (SSSR count). The minimum Gasteiger partial charge on any atom is -0.497 e. The molecule has 0 atom stereocenters. The number of rotatable bonds is 1. The zero-order chi connectivity index (χ0) is 16.4. The number of H-pyrrole nitrogens is 1. The van der Waals surface area contributed by atoms with Crippen LogP contribution in [0.4, 0.5) is 0 Å². The molecule has 3 aromatic rings. The largest absolute Gasteiger partial charge is 0.497 e. The van der Waals surface area contributed by atoms with E-state index in [9.17, 15) is 0 Å². The first kappa shape index (κ1) is 14.5. The van der Waals surface area contributed by atoms with Gasteiger partial charge in [0.15, 0.2) is 0 Å². The molecular weight excluding hydrogens is 352 g/mol. The SMILES string of the molecule is COc1ccc2c(c1)C(C)(C)c1[nH]c3cc(Br)ccc3c1C2=N. The average Bonchev–Trinajstić information content (AvgIpc) is 2.92. The van der Waals surface area contributed by atoms with Crippen LogP contribution in [0.3, 0.4) is 0 Å². The second kappa shape index (κ2) is 4.71. The van der Waals surface area contributed by atoms with Crippen LogP contribution in [0.25, 0.3) is 10.9 Å². The molecule has 0 bridgehead atoms. The molecule has 0 radical (unpaired) electrons. The maximum atomic E-state index is 8.74. The van der Waals surface area contributed by atoms with Gasteiger partial charge in [-0.15, -0.1) is 0 Å². The summed E-state index contributed by atoms with van der Waals surface area (Å²) < 4.78 is 6.42. The van der Waals surface area contributed by atoms with Crippen molar-refractivity contribution in [3.63, 3.8) is 0 Å². The first-order valence-electron chi connectivity index (χ1n) is 7.53. The third-order valence-electron chi connectivity index (χ3n) is 4.81. The van der Waals surface area contributed by atoms with Crippen LogP contribution in [0.1, 0.15) is 36.2 Å². The van der Waals surface area contributed by atoms with Gasteiger partial charge in [0.1, 0.15) is 5.75 Å². The van der Waals surface area contributed by atoms with Crippen LogP contribution < -0.4 is 4.74 Å². The smallest absolute Gasteiger partial charge is 0.119 e. The molecule has 1 aromatic heterocycles. The van der Waals surface area contributed by atoms with E-state index in [1.54, 1.807) is 7.11 Å². The Morgan fingerprint density at radius 1 is 1.13 bits per heavy atom. The lowest BCUT2D eigenvalue weighted by Gasteiger charge is -2.33. The van der Waals surface area contributed by atoms with E-state index in [2.05, 4.69) is 46.9 Å². The van der Waals surface area contributed by atoms with Gasteiger partial charge in [-0.2, -0.15) is 0 Å². The lowest BCUT2D eigenvalue weighted by Crippen LogP contribution is -2.30. The molecule has 0 saturated heterocycles. The zero-order valence-electron chi connectivity index (χ0n) is 13.3. The quantitative estimate of drug-likeness (QED) is 0.624. The van der Waals surface area contributed by atoms with Gasteiger partial charge in [0.25, 0.3) is 0 Å². The van der Waals surface area contributed by atoms with Gasteiger partial charge in [-0.3, -0.25) is 5.41 Å². The van der Waals surface area contributed by atoms with E-state index in [0.717, 1.165) is 43.5 Å². The number of hydrogen-bond acceptors (Lipinski definition) is 2. The highest BCUT2D eigenvalue weighted by Gasteiger charge is 2.38. The van der Waals surface area contributed by atoms with Crippen molar-refractivity contribution in [2.45, 2.75) is 19.3 Å². The van der Waals surface area contributed by atoms with Gasteiger partial charge in [0.2, 0.25) is 0 Å². The van der Waals surface area contributed by atoms with E-state index in [-0.39, 0.29) is 5.41 Å². The highest BCUT2D eigenvalue weighted by molar-refractivity contribution is 9.10. The summed E-state index contributed by atoms with van der Waals surface area (Å²) in [6.45, 7) is 4.39.